The number of ether oxygens (including phenoxy) is 2. The van der Waals surface area contributed by atoms with Crippen LogP contribution < -0.4 is 24.4 Å². The zero-order chi connectivity index (χ0) is 37.6. The largest absolute Gasteiger partial charge is 0.493 e. The molecule has 2 unspecified atom stereocenters. The van der Waals surface area contributed by atoms with E-state index < -0.39 is 15.9 Å². The van der Waals surface area contributed by atoms with Crippen LogP contribution in [0.5, 0.6) is 11.5 Å². The number of unbranched alkanes of at least 4 members (excludes halogenated alkanes) is 1. The van der Waals surface area contributed by atoms with Gasteiger partial charge in [0.15, 0.2) is 11.5 Å². The van der Waals surface area contributed by atoms with E-state index in [1.165, 1.54) is 26.4 Å². The molecule has 5 rings (SSSR count). The number of hydrogen-bond acceptors (Lipinski definition) is 8. The fraction of sp³-hybridized carbons (Fsp3) is 0.605. The fourth-order valence-corrected chi connectivity index (χ4v) is 9.23. The summed E-state index contributed by atoms with van der Waals surface area (Å²) in [6.45, 7) is 8.34. The summed E-state index contributed by atoms with van der Waals surface area (Å²) in [4.78, 5) is 45.7. The molecule has 3 amide bonds. The van der Waals surface area contributed by atoms with Crippen LogP contribution in [0.3, 0.4) is 0 Å². The molecule has 14 heteroatoms. The van der Waals surface area contributed by atoms with Gasteiger partial charge in [0.25, 0.3) is 5.91 Å². The van der Waals surface area contributed by atoms with Crippen molar-refractivity contribution in [3.8, 4) is 11.5 Å². The first-order chi connectivity index (χ1) is 24.9. The van der Waals surface area contributed by atoms with Gasteiger partial charge >= 0.3 is 0 Å². The predicted octanol–water partition coefficient (Wildman–Crippen LogP) is 5.15. The number of nitrogens with zero attached hydrogens (tertiary/aromatic N) is 3. The summed E-state index contributed by atoms with van der Waals surface area (Å²) in [7, 11) is -1.02. The van der Waals surface area contributed by atoms with E-state index in [9.17, 15) is 22.8 Å². The van der Waals surface area contributed by atoms with Gasteiger partial charge in [-0.2, -0.15) is 0 Å². The van der Waals surface area contributed by atoms with Crippen LogP contribution in [0.25, 0.3) is 0 Å². The van der Waals surface area contributed by atoms with Crippen molar-refractivity contribution >= 4 is 45.0 Å². The van der Waals surface area contributed by atoms with Crippen molar-refractivity contribution in [2.45, 2.75) is 102 Å². The lowest BCUT2D eigenvalue weighted by Gasteiger charge is -2.40. The highest BCUT2D eigenvalue weighted by Crippen LogP contribution is 2.38. The fourth-order valence-electron chi connectivity index (χ4n) is 7.94. The third-order valence-electron chi connectivity index (χ3n) is 10.9. The van der Waals surface area contributed by atoms with Gasteiger partial charge < -0.3 is 24.6 Å². The number of hydrogen-bond donors (Lipinski definition) is 2. The number of nitrogens with one attached hydrogen (secondary N) is 2. The van der Waals surface area contributed by atoms with E-state index in [4.69, 9.17) is 21.1 Å². The van der Waals surface area contributed by atoms with Crippen molar-refractivity contribution in [1.82, 2.24) is 19.8 Å². The Bertz CT molecular complexity index is 1700. The molecule has 12 nitrogen and oxygen atoms in total. The number of amides is 3. The number of fused-ring (bicyclic) bond motifs is 2. The molecular weight excluding hydrogens is 706 g/mol. The van der Waals surface area contributed by atoms with Crippen LogP contribution in [0.4, 0.5) is 5.69 Å². The van der Waals surface area contributed by atoms with Gasteiger partial charge in [-0.25, -0.2) is 13.1 Å². The van der Waals surface area contributed by atoms with Gasteiger partial charge in [0, 0.05) is 80.5 Å². The Morgan fingerprint density at radius 3 is 2.27 bits per heavy atom. The Kier molecular flexibility index (Phi) is 13.5. The minimum atomic E-state index is -3.87. The zero-order valence-corrected chi connectivity index (χ0v) is 32.7. The van der Waals surface area contributed by atoms with Gasteiger partial charge in [-0.05, 0) is 82.1 Å². The van der Waals surface area contributed by atoms with E-state index in [0.29, 0.717) is 50.5 Å². The number of rotatable bonds is 15. The summed E-state index contributed by atoms with van der Waals surface area (Å²) in [5.41, 5.74) is 1.86. The van der Waals surface area contributed by atoms with Gasteiger partial charge in [0.05, 0.1) is 24.7 Å². The van der Waals surface area contributed by atoms with Gasteiger partial charge in [-0.1, -0.05) is 31.0 Å². The number of carbonyl (C=O) groups excluding carboxylic acids is 3. The molecule has 0 spiro atoms. The molecule has 3 saturated heterocycles. The Labute approximate surface area is 313 Å². The molecule has 3 aliphatic rings. The highest BCUT2D eigenvalue weighted by atomic mass is 35.5. The first-order valence-electron chi connectivity index (χ1n) is 18.5. The summed E-state index contributed by atoms with van der Waals surface area (Å²) in [5, 5.41) is 3.80. The Hall–Kier alpha value is -3.39. The highest BCUT2D eigenvalue weighted by Gasteiger charge is 2.41. The topological polar surface area (TPSA) is 138 Å². The maximum atomic E-state index is 14.0. The van der Waals surface area contributed by atoms with Crippen LogP contribution in [0.2, 0.25) is 5.02 Å². The molecule has 3 fully saturated rings. The Morgan fingerprint density at radius 2 is 1.67 bits per heavy atom. The van der Waals surface area contributed by atoms with Crippen LogP contribution in [0.1, 0.15) is 87.6 Å². The average Bonchev–Trinajstić information content (AvgIpc) is 3.36. The van der Waals surface area contributed by atoms with Crippen LogP contribution >= 0.6 is 11.6 Å². The molecule has 0 aliphatic carbocycles. The molecule has 2 N–H and O–H groups in total. The van der Waals surface area contributed by atoms with E-state index in [1.807, 2.05) is 36.9 Å². The first-order valence-corrected chi connectivity index (χ1v) is 20.4. The second-order valence-corrected chi connectivity index (χ2v) is 16.5. The molecule has 0 saturated carbocycles. The van der Waals surface area contributed by atoms with E-state index in [-0.39, 0.29) is 57.8 Å². The second-order valence-electron chi connectivity index (χ2n) is 14.3. The molecule has 2 bridgehead atoms. The van der Waals surface area contributed by atoms with Crippen molar-refractivity contribution in [1.29, 1.82) is 0 Å². The lowest BCUT2D eigenvalue weighted by Crippen LogP contribution is -2.51. The smallest absolute Gasteiger partial charge is 0.255 e. The first kappa shape index (κ1) is 39.8. The molecule has 3 heterocycles. The number of sulfonamides is 1. The normalized spacial score (nSPS) is 20.8. The molecular formula is C38H54ClN5O7S. The summed E-state index contributed by atoms with van der Waals surface area (Å²) in [6.07, 6.45) is 7.19. The summed E-state index contributed by atoms with van der Waals surface area (Å²) >= 11 is 6.51. The number of anilines is 1. The van der Waals surface area contributed by atoms with Crippen LogP contribution in [0.15, 0.2) is 35.2 Å². The van der Waals surface area contributed by atoms with Gasteiger partial charge in [-0.15, -0.1) is 0 Å². The van der Waals surface area contributed by atoms with Crippen molar-refractivity contribution in [2.24, 2.45) is 5.92 Å². The summed E-state index contributed by atoms with van der Waals surface area (Å²) in [5.74, 6) is -0.0784. The SMILES string of the molecule is CCCCNS(=O)(=O)c1cc(OC)c(OC)c(C(=O)NC2CC3CCC(C2)N3CCCN(C(=O)C2CCN(C(C)=O)CC2)c2ccc(C)c(Cl)c2)c1. The summed E-state index contributed by atoms with van der Waals surface area (Å²) < 4.78 is 39.7. The maximum absolute atomic E-state index is 14.0. The number of likely N-dealkylation sites (tertiary alicyclic amines) is 1. The van der Waals surface area contributed by atoms with Gasteiger partial charge in [-0.3, -0.25) is 19.3 Å². The maximum Gasteiger partial charge on any atom is 0.255 e. The number of aryl methyl sites for hydroxylation is 1. The minimum Gasteiger partial charge on any atom is -0.493 e. The Balaban J connectivity index is 1.23. The van der Waals surface area contributed by atoms with Crippen LogP contribution in [-0.2, 0) is 19.6 Å². The van der Waals surface area contributed by atoms with E-state index >= 15 is 0 Å². The number of carbonyl (C=O) groups is 3. The standard InChI is InChI=1S/C38H54ClN5O7S/c1-6-7-15-40-52(48,49)32-23-33(36(51-5)35(24-32)50-4)37(46)41-28-20-29-11-12-30(21-28)43(29)16-8-17-44(31-10-9-25(2)34(39)22-31)38(47)27-13-18-42(19-14-27)26(3)45/h9-10,22-24,27-30,40H,6-8,11-21H2,1-5H3,(H,41,46). The van der Waals surface area contributed by atoms with E-state index in [1.54, 1.807) is 11.8 Å². The number of halogens is 1. The minimum absolute atomic E-state index is 0.0429. The number of benzene rings is 2. The average molecular weight is 760 g/mol. The van der Waals surface area contributed by atoms with E-state index in [2.05, 4.69) is 14.9 Å². The monoisotopic (exact) mass is 759 g/mol. The van der Waals surface area contributed by atoms with E-state index in [0.717, 1.165) is 56.3 Å². The van der Waals surface area contributed by atoms with Gasteiger partial charge in [0.2, 0.25) is 21.8 Å². The molecule has 52 heavy (non-hydrogen) atoms. The molecule has 2 aromatic carbocycles. The van der Waals surface area contributed by atoms with Crippen molar-refractivity contribution < 1.29 is 32.3 Å². The lowest BCUT2D eigenvalue weighted by molar-refractivity contribution is -0.133. The number of methoxy groups -OCH3 is 2. The predicted molar refractivity (Wildman–Crippen MR) is 202 cm³/mol. The van der Waals surface area contributed by atoms with Crippen LogP contribution in [0, 0.1) is 12.8 Å². The second kappa shape index (κ2) is 17.6. The third-order valence-corrected chi connectivity index (χ3v) is 12.7. The summed E-state index contributed by atoms with van der Waals surface area (Å²) in [6, 6.07) is 8.98. The molecule has 0 aromatic heterocycles. The molecule has 2 aromatic rings. The molecule has 2 atom stereocenters. The zero-order valence-electron chi connectivity index (χ0n) is 31.1. The molecule has 0 radical (unpaired) electrons. The number of piperidine rings is 2. The molecule has 3 aliphatic heterocycles. The quantitative estimate of drug-likeness (QED) is 0.238. The van der Waals surface area contributed by atoms with Crippen molar-refractivity contribution in [2.75, 3.05) is 51.8 Å². The highest BCUT2D eigenvalue weighted by molar-refractivity contribution is 7.89. The molecule has 286 valence electrons. The third kappa shape index (κ3) is 9.21. The van der Waals surface area contributed by atoms with Crippen molar-refractivity contribution in [3.63, 3.8) is 0 Å². The van der Waals surface area contributed by atoms with Crippen molar-refractivity contribution in [3.05, 3.63) is 46.5 Å². The van der Waals surface area contributed by atoms with Gasteiger partial charge in [0.1, 0.15) is 0 Å². The van der Waals surface area contributed by atoms with Crippen LogP contribution in [-0.4, -0.2) is 101 Å². The lowest BCUT2D eigenvalue weighted by atomic mass is 9.94. The Morgan fingerprint density at radius 1 is 0.981 bits per heavy atom.